The van der Waals surface area contributed by atoms with Crippen LogP contribution in [-0.2, 0) is 11.3 Å². The minimum absolute atomic E-state index is 0.0586. The summed E-state index contributed by atoms with van der Waals surface area (Å²) in [6.07, 6.45) is 1.29. The molecule has 0 radical (unpaired) electrons. The Kier molecular flexibility index (Phi) is 6.74. The van der Waals surface area contributed by atoms with Crippen molar-refractivity contribution in [1.29, 1.82) is 0 Å². The Morgan fingerprint density at radius 3 is 2.33 bits per heavy atom. The van der Waals surface area contributed by atoms with E-state index in [0.717, 1.165) is 10.4 Å². The summed E-state index contributed by atoms with van der Waals surface area (Å²) in [4.78, 5) is 27.5. The second-order valence-electron chi connectivity index (χ2n) is 6.76. The lowest BCUT2D eigenvalue weighted by atomic mass is 10.2. The van der Waals surface area contributed by atoms with Gasteiger partial charge in [0, 0.05) is 11.7 Å². The molecule has 0 N–H and O–H groups in total. The molecule has 1 heterocycles. The number of halogens is 1. The van der Waals surface area contributed by atoms with Crippen LogP contribution in [0.5, 0.6) is 17.2 Å². The Labute approximate surface area is 179 Å². The molecule has 0 atom stereocenters. The number of carbonyl (C=O) groups is 1. The van der Waals surface area contributed by atoms with Gasteiger partial charge in [0.05, 0.1) is 13.3 Å². The van der Waals surface area contributed by atoms with Crippen molar-refractivity contribution >= 4 is 23.2 Å². The SMILES string of the molecule is COc1ccc(Oc2c(Cl)cnn(CC(=O)N(c3ccccc3)C(C)C)c2=O)cc1. The fourth-order valence-electron chi connectivity index (χ4n) is 2.94. The van der Waals surface area contributed by atoms with Gasteiger partial charge in [-0.1, -0.05) is 29.8 Å². The van der Waals surface area contributed by atoms with E-state index in [9.17, 15) is 9.59 Å². The molecule has 1 aromatic heterocycles. The summed E-state index contributed by atoms with van der Waals surface area (Å²) in [5, 5.41) is 4.07. The zero-order chi connectivity index (χ0) is 21.7. The van der Waals surface area contributed by atoms with Gasteiger partial charge in [0.1, 0.15) is 23.1 Å². The third-order valence-corrected chi connectivity index (χ3v) is 4.61. The zero-order valence-electron chi connectivity index (χ0n) is 16.9. The van der Waals surface area contributed by atoms with Gasteiger partial charge in [-0.2, -0.15) is 5.10 Å². The van der Waals surface area contributed by atoms with Crippen LogP contribution in [0.2, 0.25) is 5.02 Å². The Morgan fingerprint density at radius 2 is 1.73 bits per heavy atom. The summed E-state index contributed by atoms with van der Waals surface area (Å²) in [5.74, 6) is 0.691. The van der Waals surface area contributed by atoms with Crippen LogP contribution in [0.1, 0.15) is 13.8 Å². The van der Waals surface area contributed by atoms with Gasteiger partial charge in [-0.05, 0) is 50.2 Å². The summed E-state index contributed by atoms with van der Waals surface area (Å²) in [5.41, 5.74) is 0.151. The van der Waals surface area contributed by atoms with Crippen LogP contribution in [0.4, 0.5) is 5.69 Å². The summed E-state index contributed by atoms with van der Waals surface area (Å²) >= 11 is 6.13. The Bertz CT molecular complexity index is 1070. The van der Waals surface area contributed by atoms with Gasteiger partial charge in [0.15, 0.2) is 0 Å². The van der Waals surface area contributed by atoms with Crippen LogP contribution in [-0.4, -0.2) is 28.8 Å². The number of anilines is 1. The number of nitrogens with zero attached hydrogens (tertiary/aromatic N) is 3. The Morgan fingerprint density at radius 1 is 1.10 bits per heavy atom. The smallest absolute Gasteiger partial charge is 0.311 e. The van der Waals surface area contributed by atoms with Gasteiger partial charge in [-0.15, -0.1) is 0 Å². The molecule has 3 rings (SSSR count). The molecule has 0 bridgehead atoms. The molecular weight excluding hydrogens is 406 g/mol. The maximum absolute atomic E-state index is 13.0. The van der Waals surface area contributed by atoms with E-state index in [2.05, 4.69) is 5.10 Å². The van der Waals surface area contributed by atoms with Gasteiger partial charge >= 0.3 is 5.56 Å². The lowest BCUT2D eigenvalue weighted by molar-refractivity contribution is -0.119. The minimum atomic E-state index is -0.594. The van der Waals surface area contributed by atoms with Crippen molar-refractivity contribution in [3.63, 3.8) is 0 Å². The fourth-order valence-corrected chi connectivity index (χ4v) is 3.10. The van der Waals surface area contributed by atoms with Gasteiger partial charge in [0.25, 0.3) is 0 Å². The number of hydrogen-bond acceptors (Lipinski definition) is 5. The molecule has 0 saturated heterocycles. The van der Waals surface area contributed by atoms with E-state index in [1.54, 1.807) is 36.3 Å². The molecular formula is C22H22ClN3O4. The van der Waals surface area contributed by atoms with E-state index in [1.807, 2.05) is 44.2 Å². The van der Waals surface area contributed by atoms with E-state index in [4.69, 9.17) is 21.1 Å². The number of methoxy groups -OCH3 is 1. The number of hydrogen-bond donors (Lipinski definition) is 0. The van der Waals surface area contributed by atoms with Crippen LogP contribution in [0.15, 0.2) is 65.6 Å². The van der Waals surface area contributed by atoms with E-state index < -0.39 is 5.56 Å². The molecule has 0 fully saturated rings. The normalized spacial score (nSPS) is 10.7. The maximum Gasteiger partial charge on any atom is 0.311 e. The summed E-state index contributed by atoms with van der Waals surface area (Å²) in [6.45, 7) is 3.56. The highest BCUT2D eigenvalue weighted by atomic mass is 35.5. The summed E-state index contributed by atoms with van der Waals surface area (Å²) < 4.78 is 11.8. The minimum Gasteiger partial charge on any atom is -0.497 e. The first-order valence-corrected chi connectivity index (χ1v) is 9.73. The van der Waals surface area contributed by atoms with Crippen molar-refractivity contribution in [2.45, 2.75) is 26.4 Å². The van der Waals surface area contributed by atoms with Gasteiger partial charge in [-0.3, -0.25) is 9.59 Å². The second-order valence-corrected chi connectivity index (χ2v) is 7.16. The summed E-state index contributed by atoms with van der Waals surface area (Å²) in [6, 6.07) is 15.9. The predicted octanol–water partition coefficient (Wildman–Crippen LogP) is 4.14. The monoisotopic (exact) mass is 427 g/mol. The molecule has 3 aromatic rings. The van der Waals surface area contributed by atoms with Crippen LogP contribution in [0, 0.1) is 0 Å². The molecule has 0 aliphatic heterocycles. The first kappa shape index (κ1) is 21.4. The van der Waals surface area contributed by atoms with Crippen LogP contribution in [0.25, 0.3) is 0 Å². The molecule has 1 amide bonds. The zero-order valence-corrected chi connectivity index (χ0v) is 17.7. The number of rotatable bonds is 7. The molecule has 2 aromatic carbocycles. The van der Waals surface area contributed by atoms with Crippen LogP contribution in [0.3, 0.4) is 0 Å². The Balaban J connectivity index is 1.86. The highest BCUT2D eigenvalue weighted by Gasteiger charge is 2.22. The molecule has 156 valence electrons. The highest BCUT2D eigenvalue weighted by Crippen LogP contribution is 2.26. The number of ether oxygens (including phenoxy) is 2. The third kappa shape index (κ3) is 4.80. The molecule has 0 unspecified atom stereocenters. The quantitative estimate of drug-likeness (QED) is 0.566. The standard InChI is InChI=1S/C22H22ClN3O4/c1-15(2)26(16-7-5-4-6-8-16)20(27)14-25-22(28)21(19(23)13-24-25)30-18-11-9-17(29-3)10-12-18/h4-13,15H,14H2,1-3H3. The lowest BCUT2D eigenvalue weighted by Crippen LogP contribution is -2.41. The van der Waals surface area contributed by atoms with Crippen molar-refractivity contribution in [3.8, 4) is 17.2 Å². The number of para-hydroxylation sites is 1. The summed E-state index contributed by atoms with van der Waals surface area (Å²) in [7, 11) is 1.56. The van der Waals surface area contributed by atoms with Crippen molar-refractivity contribution in [2.75, 3.05) is 12.0 Å². The van der Waals surface area contributed by atoms with Crippen molar-refractivity contribution in [3.05, 3.63) is 76.2 Å². The van der Waals surface area contributed by atoms with Gasteiger partial charge in [-0.25, -0.2) is 4.68 Å². The highest BCUT2D eigenvalue weighted by molar-refractivity contribution is 6.31. The first-order valence-electron chi connectivity index (χ1n) is 9.35. The fraction of sp³-hybridized carbons (Fsp3) is 0.227. The molecule has 0 aliphatic rings. The lowest BCUT2D eigenvalue weighted by Gasteiger charge is -2.27. The van der Waals surface area contributed by atoms with Gasteiger partial charge in [0.2, 0.25) is 11.7 Å². The van der Waals surface area contributed by atoms with E-state index in [-0.39, 0.29) is 29.3 Å². The van der Waals surface area contributed by atoms with E-state index >= 15 is 0 Å². The number of amides is 1. The van der Waals surface area contributed by atoms with Crippen molar-refractivity contribution in [1.82, 2.24) is 9.78 Å². The van der Waals surface area contributed by atoms with Crippen molar-refractivity contribution in [2.24, 2.45) is 0 Å². The van der Waals surface area contributed by atoms with Crippen LogP contribution >= 0.6 is 11.6 Å². The second kappa shape index (κ2) is 9.45. The largest absolute Gasteiger partial charge is 0.497 e. The number of aromatic nitrogens is 2. The Hall–Kier alpha value is -3.32. The maximum atomic E-state index is 13.0. The van der Waals surface area contributed by atoms with E-state index in [0.29, 0.717) is 11.5 Å². The van der Waals surface area contributed by atoms with Crippen LogP contribution < -0.4 is 19.9 Å². The number of benzene rings is 2. The van der Waals surface area contributed by atoms with Gasteiger partial charge < -0.3 is 14.4 Å². The molecule has 30 heavy (non-hydrogen) atoms. The predicted molar refractivity (Wildman–Crippen MR) is 116 cm³/mol. The first-order chi connectivity index (χ1) is 14.4. The molecule has 0 saturated carbocycles. The number of carbonyl (C=O) groups excluding carboxylic acids is 1. The molecule has 7 nitrogen and oxygen atoms in total. The van der Waals surface area contributed by atoms with Crippen molar-refractivity contribution < 1.29 is 14.3 Å². The molecule has 8 heteroatoms. The topological polar surface area (TPSA) is 73.7 Å². The molecule has 0 aliphatic carbocycles. The third-order valence-electron chi connectivity index (χ3n) is 4.34. The average Bonchev–Trinajstić information content (AvgIpc) is 2.74. The van der Waals surface area contributed by atoms with E-state index in [1.165, 1.54) is 6.20 Å². The average molecular weight is 428 g/mol. The molecule has 0 spiro atoms.